The third-order valence-corrected chi connectivity index (χ3v) is 4.42. The molecule has 138 valence electrons. The molecule has 8 nitrogen and oxygen atoms in total. The highest BCUT2D eigenvalue weighted by molar-refractivity contribution is 6.08. The van der Waals surface area contributed by atoms with E-state index in [2.05, 4.69) is 20.4 Å². The Morgan fingerprint density at radius 3 is 2.68 bits per heavy atom. The Morgan fingerprint density at radius 2 is 1.82 bits per heavy atom. The van der Waals surface area contributed by atoms with E-state index < -0.39 is 0 Å². The summed E-state index contributed by atoms with van der Waals surface area (Å²) in [5.74, 6) is 0.983. The van der Waals surface area contributed by atoms with Crippen molar-refractivity contribution >= 4 is 17.2 Å². The Bertz CT molecular complexity index is 1170. The molecule has 0 saturated heterocycles. The fourth-order valence-electron chi connectivity index (χ4n) is 3.11. The van der Waals surface area contributed by atoms with Crippen LogP contribution in [0.3, 0.4) is 0 Å². The average Bonchev–Trinajstić information content (AvgIpc) is 3.19. The second-order valence-corrected chi connectivity index (χ2v) is 6.17. The maximum absolute atomic E-state index is 12.8. The first-order valence-electron chi connectivity index (χ1n) is 8.74. The van der Waals surface area contributed by atoms with E-state index in [4.69, 9.17) is 9.47 Å². The summed E-state index contributed by atoms with van der Waals surface area (Å²) in [6.45, 7) is 1.01. The molecule has 4 heterocycles. The number of nitrogens with one attached hydrogen (secondary N) is 1. The van der Waals surface area contributed by atoms with Crippen LogP contribution < -0.4 is 14.8 Å². The van der Waals surface area contributed by atoms with Gasteiger partial charge in [-0.15, -0.1) is 0 Å². The van der Waals surface area contributed by atoms with Crippen LogP contribution in [0.1, 0.15) is 10.4 Å². The van der Waals surface area contributed by atoms with Gasteiger partial charge >= 0.3 is 0 Å². The van der Waals surface area contributed by atoms with Crippen molar-refractivity contribution in [2.24, 2.45) is 0 Å². The summed E-state index contributed by atoms with van der Waals surface area (Å²) in [4.78, 5) is 21.2. The van der Waals surface area contributed by atoms with E-state index in [1.807, 2.05) is 18.2 Å². The fourth-order valence-corrected chi connectivity index (χ4v) is 3.11. The molecule has 1 N–H and O–H groups in total. The number of carbonyl (C=O) groups excluding carboxylic acids is 1. The molecular formula is C20H15N5O3. The monoisotopic (exact) mass is 373 g/mol. The Kier molecular flexibility index (Phi) is 3.86. The van der Waals surface area contributed by atoms with Crippen molar-refractivity contribution in [3.63, 3.8) is 0 Å². The molecule has 0 atom stereocenters. The lowest BCUT2D eigenvalue weighted by atomic mass is 10.2. The van der Waals surface area contributed by atoms with Crippen LogP contribution in [-0.2, 0) is 0 Å². The number of benzene rings is 1. The van der Waals surface area contributed by atoms with E-state index in [1.165, 1.54) is 6.20 Å². The lowest BCUT2D eigenvalue weighted by molar-refractivity contribution is 0.102. The Labute approximate surface area is 159 Å². The molecule has 0 aliphatic carbocycles. The molecule has 28 heavy (non-hydrogen) atoms. The van der Waals surface area contributed by atoms with E-state index in [0.29, 0.717) is 41.6 Å². The highest BCUT2D eigenvalue weighted by atomic mass is 16.6. The van der Waals surface area contributed by atoms with Crippen molar-refractivity contribution in [1.29, 1.82) is 0 Å². The van der Waals surface area contributed by atoms with Crippen LogP contribution in [0.2, 0.25) is 0 Å². The molecule has 1 amide bonds. The van der Waals surface area contributed by atoms with Crippen molar-refractivity contribution in [2.75, 3.05) is 18.5 Å². The number of rotatable bonds is 3. The molecule has 1 aliphatic heterocycles. The number of anilines is 1. The molecule has 0 spiro atoms. The summed E-state index contributed by atoms with van der Waals surface area (Å²) in [6, 6.07) is 10.9. The summed E-state index contributed by atoms with van der Waals surface area (Å²) in [7, 11) is 0. The first-order valence-corrected chi connectivity index (χ1v) is 8.74. The van der Waals surface area contributed by atoms with Gasteiger partial charge in [0.2, 0.25) is 0 Å². The van der Waals surface area contributed by atoms with Crippen LogP contribution in [0.25, 0.3) is 16.9 Å². The first-order chi connectivity index (χ1) is 13.8. The topological polar surface area (TPSA) is 90.6 Å². The van der Waals surface area contributed by atoms with Gasteiger partial charge in [0.1, 0.15) is 18.8 Å². The van der Waals surface area contributed by atoms with Crippen molar-refractivity contribution < 1.29 is 14.3 Å². The number of hydrogen-bond donors (Lipinski definition) is 1. The average molecular weight is 373 g/mol. The Balaban J connectivity index is 1.47. The molecular weight excluding hydrogens is 358 g/mol. The van der Waals surface area contributed by atoms with Gasteiger partial charge in [-0.3, -0.25) is 9.78 Å². The third kappa shape index (κ3) is 2.81. The van der Waals surface area contributed by atoms with Gasteiger partial charge in [0.15, 0.2) is 17.1 Å². The van der Waals surface area contributed by atoms with E-state index in [9.17, 15) is 4.79 Å². The second kappa shape index (κ2) is 6.66. The SMILES string of the molecule is O=C(Nc1ccc2c(c1)OCCO2)c1cnn2c(-c3ccncc3)ccnc12. The summed E-state index contributed by atoms with van der Waals surface area (Å²) in [5, 5.41) is 7.22. The minimum Gasteiger partial charge on any atom is -0.486 e. The molecule has 0 radical (unpaired) electrons. The van der Waals surface area contributed by atoms with Gasteiger partial charge in [0.05, 0.1) is 11.9 Å². The zero-order valence-corrected chi connectivity index (χ0v) is 14.7. The molecule has 1 aliphatic rings. The van der Waals surface area contributed by atoms with Crippen LogP contribution in [0, 0.1) is 0 Å². The number of amides is 1. The normalized spacial score (nSPS) is 12.7. The van der Waals surface area contributed by atoms with Gasteiger partial charge in [-0.2, -0.15) is 5.10 Å². The number of hydrogen-bond acceptors (Lipinski definition) is 6. The maximum Gasteiger partial charge on any atom is 0.261 e. The first kappa shape index (κ1) is 16.2. The number of ether oxygens (including phenoxy) is 2. The van der Waals surface area contributed by atoms with Crippen LogP contribution >= 0.6 is 0 Å². The molecule has 0 unspecified atom stereocenters. The van der Waals surface area contributed by atoms with E-state index in [-0.39, 0.29) is 5.91 Å². The van der Waals surface area contributed by atoms with Crippen molar-refractivity contribution in [1.82, 2.24) is 19.6 Å². The lowest BCUT2D eigenvalue weighted by Gasteiger charge is -2.18. The predicted octanol–water partition coefficient (Wildman–Crippen LogP) is 2.81. The largest absolute Gasteiger partial charge is 0.486 e. The number of pyridine rings is 1. The number of carbonyl (C=O) groups is 1. The summed E-state index contributed by atoms with van der Waals surface area (Å²) in [6.07, 6.45) is 6.59. The van der Waals surface area contributed by atoms with Crippen LogP contribution in [0.4, 0.5) is 5.69 Å². The van der Waals surface area contributed by atoms with Crippen molar-refractivity contribution in [2.45, 2.75) is 0 Å². The molecule has 4 aromatic rings. The summed E-state index contributed by atoms with van der Waals surface area (Å²) >= 11 is 0. The standard InChI is InChI=1S/C20H15N5O3/c26-20(24-14-1-2-17-18(11-14)28-10-9-27-17)15-12-23-25-16(5-8-22-19(15)25)13-3-6-21-7-4-13/h1-8,11-12H,9-10H2,(H,24,26). The number of nitrogens with zero attached hydrogens (tertiary/aromatic N) is 4. The van der Waals surface area contributed by atoms with E-state index in [1.54, 1.807) is 41.3 Å². The molecule has 3 aromatic heterocycles. The second-order valence-electron chi connectivity index (χ2n) is 6.17. The lowest BCUT2D eigenvalue weighted by Crippen LogP contribution is -2.16. The Morgan fingerprint density at radius 1 is 1.00 bits per heavy atom. The molecule has 8 heteroatoms. The maximum atomic E-state index is 12.8. The molecule has 5 rings (SSSR count). The zero-order chi connectivity index (χ0) is 18.9. The van der Waals surface area contributed by atoms with Gasteiger partial charge in [0.25, 0.3) is 5.91 Å². The van der Waals surface area contributed by atoms with Gasteiger partial charge in [-0.25, -0.2) is 9.50 Å². The highest BCUT2D eigenvalue weighted by Crippen LogP contribution is 2.32. The Hall–Kier alpha value is -3.94. The smallest absolute Gasteiger partial charge is 0.261 e. The van der Waals surface area contributed by atoms with Crippen LogP contribution in [0.5, 0.6) is 11.5 Å². The van der Waals surface area contributed by atoms with Crippen LogP contribution in [0.15, 0.2) is 61.2 Å². The van der Waals surface area contributed by atoms with Gasteiger partial charge in [-0.1, -0.05) is 0 Å². The molecule has 0 saturated carbocycles. The summed E-state index contributed by atoms with van der Waals surface area (Å²) in [5.41, 5.74) is 3.23. The fraction of sp³-hybridized carbons (Fsp3) is 0.100. The van der Waals surface area contributed by atoms with Crippen molar-refractivity contribution in [3.05, 3.63) is 66.7 Å². The molecule has 0 fully saturated rings. The predicted molar refractivity (Wildman–Crippen MR) is 102 cm³/mol. The van der Waals surface area contributed by atoms with Crippen molar-refractivity contribution in [3.8, 4) is 22.8 Å². The van der Waals surface area contributed by atoms with Gasteiger partial charge in [-0.05, 0) is 30.3 Å². The van der Waals surface area contributed by atoms with E-state index in [0.717, 1.165) is 11.3 Å². The quantitative estimate of drug-likeness (QED) is 0.594. The van der Waals surface area contributed by atoms with Gasteiger partial charge < -0.3 is 14.8 Å². The highest BCUT2D eigenvalue weighted by Gasteiger charge is 2.18. The third-order valence-electron chi connectivity index (χ3n) is 4.42. The summed E-state index contributed by atoms with van der Waals surface area (Å²) < 4.78 is 12.7. The number of fused-ring (bicyclic) bond motifs is 2. The molecule has 1 aromatic carbocycles. The minimum absolute atomic E-state index is 0.300. The van der Waals surface area contributed by atoms with Gasteiger partial charge in [0, 0.05) is 35.9 Å². The van der Waals surface area contributed by atoms with Crippen LogP contribution in [-0.4, -0.2) is 38.7 Å². The zero-order valence-electron chi connectivity index (χ0n) is 14.7. The van der Waals surface area contributed by atoms with E-state index >= 15 is 0 Å². The number of aromatic nitrogens is 4. The minimum atomic E-state index is -0.300. The molecule has 0 bridgehead atoms.